The third-order valence-electron chi connectivity index (χ3n) is 1.79. The molecule has 0 aliphatic heterocycles. The van der Waals surface area contributed by atoms with Crippen LogP contribution in [0.15, 0.2) is 30.8 Å². The largest absolute Gasteiger partial charge is 0.382 e. The van der Waals surface area contributed by atoms with E-state index in [4.69, 9.17) is 4.18 Å². The topological polar surface area (TPSA) is 43.4 Å². The molecule has 0 saturated carbocycles. The van der Waals surface area contributed by atoms with Crippen LogP contribution in [0.5, 0.6) is 5.75 Å². The predicted molar refractivity (Wildman–Crippen MR) is 61.2 cm³/mol. The molecule has 0 atom stereocenters. The first-order valence-electron chi connectivity index (χ1n) is 4.72. The van der Waals surface area contributed by atoms with Crippen molar-refractivity contribution in [1.29, 1.82) is 0 Å². The number of hydrogen-bond donors (Lipinski definition) is 0. The average molecular weight is 226 g/mol. The van der Waals surface area contributed by atoms with Crippen LogP contribution in [0, 0.1) is 0 Å². The first kappa shape index (κ1) is 11.8. The quantitative estimate of drug-likeness (QED) is 0.724. The highest BCUT2D eigenvalue weighted by molar-refractivity contribution is 7.87. The van der Waals surface area contributed by atoms with Crippen LogP contribution in [0.4, 0.5) is 0 Å². The fourth-order valence-electron chi connectivity index (χ4n) is 1.10. The fourth-order valence-corrected chi connectivity index (χ4v) is 2.09. The van der Waals surface area contributed by atoms with Crippen LogP contribution < -0.4 is 4.18 Å². The van der Waals surface area contributed by atoms with Gasteiger partial charge < -0.3 is 4.18 Å². The Morgan fingerprint density at radius 3 is 2.40 bits per heavy atom. The van der Waals surface area contributed by atoms with Crippen molar-refractivity contribution in [2.24, 2.45) is 0 Å². The molecule has 1 aromatic carbocycles. The van der Waals surface area contributed by atoms with Crippen LogP contribution in [0.25, 0.3) is 6.08 Å². The lowest BCUT2D eigenvalue weighted by Crippen LogP contribution is -2.12. The molecule has 0 aliphatic carbocycles. The van der Waals surface area contributed by atoms with Gasteiger partial charge in [-0.1, -0.05) is 31.7 Å². The van der Waals surface area contributed by atoms with Crippen LogP contribution in [-0.4, -0.2) is 14.2 Å². The Kier molecular flexibility index (Phi) is 3.91. The second kappa shape index (κ2) is 4.98. The second-order valence-electron chi connectivity index (χ2n) is 3.12. The highest BCUT2D eigenvalue weighted by Crippen LogP contribution is 2.15. The fraction of sp³-hybridized carbons (Fsp3) is 0.273. The highest BCUT2D eigenvalue weighted by Gasteiger charge is 2.10. The Hall–Kier alpha value is -1.29. The summed E-state index contributed by atoms with van der Waals surface area (Å²) in [5.74, 6) is 0.380. The van der Waals surface area contributed by atoms with Gasteiger partial charge in [-0.15, -0.1) is 0 Å². The minimum Gasteiger partial charge on any atom is -0.382 e. The molecule has 0 aliphatic rings. The molecular weight excluding hydrogens is 212 g/mol. The molecule has 3 nitrogen and oxygen atoms in total. The molecule has 0 bridgehead atoms. The maximum Gasteiger partial charge on any atom is 0.309 e. The maximum absolute atomic E-state index is 11.3. The van der Waals surface area contributed by atoms with Gasteiger partial charge in [0.25, 0.3) is 0 Å². The molecule has 1 aromatic rings. The van der Waals surface area contributed by atoms with E-state index in [1.807, 2.05) is 0 Å². The van der Waals surface area contributed by atoms with Gasteiger partial charge in [0.1, 0.15) is 5.75 Å². The van der Waals surface area contributed by atoms with E-state index in [9.17, 15) is 8.42 Å². The van der Waals surface area contributed by atoms with E-state index in [2.05, 4.69) is 6.58 Å². The van der Waals surface area contributed by atoms with Crippen molar-refractivity contribution in [2.75, 3.05) is 5.75 Å². The third-order valence-corrected chi connectivity index (χ3v) is 3.15. The monoisotopic (exact) mass is 226 g/mol. The van der Waals surface area contributed by atoms with Crippen LogP contribution in [0.2, 0.25) is 0 Å². The van der Waals surface area contributed by atoms with Gasteiger partial charge in [0, 0.05) is 0 Å². The summed E-state index contributed by atoms with van der Waals surface area (Å²) in [4.78, 5) is 0. The van der Waals surface area contributed by atoms with Crippen molar-refractivity contribution < 1.29 is 12.6 Å². The molecule has 0 heterocycles. The zero-order valence-electron chi connectivity index (χ0n) is 8.64. The minimum atomic E-state index is -3.43. The SMILES string of the molecule is C=Cc1ccc(OS(=O)(=O)CCC)cc1. The second-order valence-corrected chi connectivity index (χ2v) is 4.81. The Bertz CT molecular complexity index is 418. The van der Waals surface area contributed by atoms with Crippen molar-refractivity contribution in [2.45, 2.75) is 13.3 Å². The first-order chi connectivity index (χ1) is 7.07. The van der Waals surface area contributed by atoms with Crippen LogP contribution >= 0.6 is 0 Å². The summed E-state index contributed by atoms with van der Waals surface area (Å²) < 4.78 is 27.5. The van der Waals surface area contributed by atoms with Crippen molar-refractivity contribution in [3.05, 3.63) is 36.4 Å². The smallest absolute Gasteiger partial charge is 0.309 e. The Morgan fingerprint density at radius 2 is 1.93 bits per heavy atom. The lowest BCUT2D eigenvalue weighted by atomic mass is 10.2. The van der Waals surface area contributed by atoms with E-state index < -0.39 is 10.1 Å². The number of benzene rings is 1. The average Bonchev–Trinajstić information content (AvgIpc) is 2.18. The summed E-state index contributed by atoms with van der Waals surface area (Å²) in [5, 5.41) is 0. The molecule has 0 radical (unpaired) electrons. The van der Waals surface area contributed by atoms with Crippen LogP contribution in [-0.2, 0) is 10.1 Å². The van der Waals surface area contributed by atoms with E-state index in [1.54, 1.807) is 37.3 Å². The van der Waals surface area contributed by atoms with E-state index >= 15 is 0 Å². The summed E-state index contributed by atoms with van der Waals surface area (Å²) in [6.07, 6.45) is 2.23. The molecule has 0 aromatic heterocycles. The molecule has 0 fully saturated rings. The van der Waals surface area contributed by atoms with E-state index in [1.165, 1.54) is 0 Å². The summed E-state index contributed by atoms with van der Waals surface area (Å²) >= 11 is 0. The lowest BCUT2D eigenvalue weighted by Gasteiger charge is -2.05. The van der Waals surface area contributed by atoms with Crippen molar-refractivity contribution in [1.82, 2.24) is 0 Å². The molecule has 15 heavy (non-hydrogen) atoms. The minimum absolute atomic E-state index is 0.0379. The molecule has 0 saturated heterocycles. The molecule has 1 rings (SSSR count). The number of rotatable bonds is 5. The summed E-state index contributed by atoms with van der Waals surface area (Å²) in [7, 11) is -3.43. The highest BCUT2D eigenvalue weighted by atomic mass is 32.2. The Balaban J connectivity index is 2.77. The van der Waals surface area contributed by atoms with Gasteiger partial charge in [-0.05, 0) is 24.1 Å². The molecule has 0 N–H and O–H groups in total. The van der Waals surface area contributed by atoms with Gasteiger partial charge in [-0.2, -0.15) is 8.42 Å². The molecule has 0 amide bonds. The zero-order valence-corrected chi connectivity index (χ0v) is 9.46. The molecule has 4 heteroatoms. The van der Waals surface area contributed by atoms with Crippen molar-refractivity contribution in [3.8, 4) is 5.75 Å². The summed E-state index contributed by atoms with van der Waals surface area (Å²) in [6.45, 7) is 5.40. The molecule has 82 valence electrons. The third kappa shape index (κ3) is 3.75. The van der Waals surface area contributed by atoms with Crippen molar-refractivity contribution >= 4 is 16.2 Å². The molecule has 0 spiro atoms. The molecular formula is C11H14O3S. The van der Waals surface area contributed by atoms with Crippen molar-refractivity contribution in [3.63, 3.8) is 0 Å². The summed E-state index contributed by atoms with van der Waals surface area (Å²) in [5.41, 5.74) is 0.926. The van der Waals surface area contributed by atoms with Gasteiger partial charge in [0.15, 0.2) is 0 Å². The van der Waals surface area contributed by atoms with Crippen LogP contribution in [0.1, 0.15) is 18.9 Å². The van der Waals surface area contributed by atoms with Crippen LogP contribution in [0.3, 0.4) is 0 Å². The predicted octanol–water partition coefficient (Wildman–Crippen LogP) is 2.45. The standard InChI is InChI=1S/C11H14O3S/c1-3-9-15(12,13)14-11-7-5-10(4-2)6-8-11/h4-8H,2-3,9H2,1H3. The summed E-state index contributed by atoms with van der Waals surface area (Å²) in [6, 6.07) is 6.74. The zero-order chi connectivity index (χ0) is 11.3. The normalized spacial score (nSPS) is 11.0. The van der Waals surface area contributed by atoms with Gasteiger partial charge in [-0.25, -0.2) is 0 Å². The molecule has 0 unspecified atom stereocenters. The van der Waals surface area contributed by atoms with Gasteiger partial charge in [0.05, 0.1) is 5.75 Å². The van der Waals surface area contributed by atoms with E-state index in [-0.39, 0.29) is 5.75 Å². The van der Waals surface area contributed by atoms with E-state index in [0.29, 0.717) is 12.2 Å². The van der Waals surface area contributed by atoms with E-state index in [0.717, 1.165) is 5.56 Å². The maximum atomic E-state index is 11.3. The number of hydrogen-bond acceptors (Lipinski definition) is 3. The Labute approximate surface area is 90.5 Å². The Morgan fingerprint density at radius 1 is 1.33 bits per heavy atom. The van der Waals surface area contributed by atoms with Gasteiger partial charge in [0.2, 0.25) is 0 Å². The van der Waals surface area contributed by atoms with Gasteiger partial charge in [-0.3, -0.25) is 0 Å². The van der Waals surface area contributed by atoms with Gasteiger partial charge >= 0.3 is 10.1 Å². The first-order valence-corrected chi connectivity index (χ1v) is 6.30. The lowest BCUT2D eigenvalue weighted by molar-refractivity contribution is 0.485.